The second-order valence-corrected chi connectivity index (χ2v) is 5.72. The highest BCUT2D eigenvalue weighted by molar-refractivity contribution is 5.72. The Kier molecular flexibility index (Phi) is 12.6. The van der Waals surface area contributed by atoms with Crippen LogP contribution in [0.15, 0.2) is 0 Å². The molecule has 0 saturated heterocycles. The van der Waals surface area contributed by atoms with Crippen molar-refractivity contribution in [2.45, 2.75) is 12.8 Å². The lowest BCUT2D eigenvalue weighted by atomic mass is 10.2. The second kappa shape index (κ2) is 14.6. The normalized spacial score (nSPS) is 11.0. The molecule has 0 aliphatic heterocycles. The van der Waals surface area contributed by atoms with Gasteiger partial charge in [-0.15, -0.1) is 0 Å². The SMILES string of the molecule is O=C(O)CCOCCOCCOCCOCCC(=O)Oc1c(F)c(F)c(F)c(F)c1F. The van der Waals surface area contributed by atoms with E-state index in [-0.39, 0.29) is 59.3 Å². The number of carboxylic acid groups (broad SMARTS) is 1. The van der Waals surface area contributed by atoms with E-state index in [1.165, 1.54) is 0 Å². The number of carbonyl (C=O) groups is 2. The van der Waals surface area contributed by atoms with Crippen LogP contribution in [-0.4, -0.2) is 69.9 Å². The van der Waals surface area contributed by atoms with Crippen molar-refractivity contribution >= 4 is 11.9 Å². The van der Waals surface area contributed by atoms with Crippen LogP contribution < -0.4 is 4.74 Å². The predicted octanol–water partition coefficient (Wildman–Crippen LogP) is 2.22. The highest BCUT2D eigenvalue weighted by Crippen LogP contribution is 2.29. The highest BCUT2D eigenvalue weighted by atomic mass is 19.2. The topological polar surface area (TPSA) is 101 Å². The van der Waals surface area contributed by atoms with Crippen LogP contribution in [0.2, 0.25) is 0 Å². The Morgan fingerprint density at radius 2 is 0.935 bits per heavy atom. The summed E-state index contributed by atoms with van der Waals surface area (Å²) in [5, 5.41) is 8.40. The minimum absolute atomic E-state index is 0.0636. The maximum absolute atomic E-state index is 13.4. The third-order valence-electron chi connectivity index (χ3n) is 3.41. The smallest absolute Gasteiger partial charge is 0.313 e. The van der Waals surface area contributed by atoms with Crippen molar-refractivity contribution in [2.75, 3.05) is 52.9 Å². The van der Waals surface area contributed by atoms with E-state index >= 15 is 0 Å². The van der Waals surface area contributed by atoms with E-state index in [0.29, 0.717) is 0 Å². The molecule has 0 atom stereocenters. The highest BCUT2D eigenvalue weighted by Gasteiger charge is 2.28. The number of hydrogen-bond acceptors (Lipinski definition) is 7. The number of rotatable bonds is 16. The molecule has 1 rings (SSSR count). The molecular weight excluding hydrogens is 439 g/mol. The molecule has 0 radical (unpaired) electrons. The molecule has 0 saturated carbocycles. The summed E-state index contributed by atoms with van der Waals surface area (Å²) in [5.74, 6) is -15.1. The van der Waals surface area contributed by atoms with Crippen LogP contribution >= 0.6 is 0 Å². The Morgan fingerprint density at radius 3 is 1.35 bits per heavy atom. The van der Waals surface area contributed by atoms with E-state index in [1.54, 1.807) is 0 Å². The van der Waals surface area contributed by atoms with Gasteiger partial charge in [-0.3, -0.25) is 9.59 Å². The molecule has 0 aromatic heterocycles. The summed E-state index contributed by atoms with van der Waals surface area (Å²) in [6, 6.07) is 0. The second-order valence-electron chi connectivity index (χ2n) is 5.72. The molecule has 13 heteroatoms. The fourth-order valence-corrected chi connectivity index (χ4v) is 1.92. The number of aliphatic carboxylic acids is 1. The van der Waals surface area contributed by atoms with Crippen LogP contribution in [0.5, 0.6) is 5.75 Å². The van der Waals surface area contributed by atoms with Crippen LogP contribution in [0.25, 0.3) is 0 Å². The lowest BCUT2D eigenvalue weighted by Crippen LogP contribution is -2.16. The quantitative estimate of drug-likeness (QED) is 0.100. The van der Waals surface area contributed by atoms with Crippen molar-refractivity contribution in [3.05, 3.63) is 29.1 Å². The monoisotopic (exact) mass is 460 g/mol. The first-order chi connectivity index (χ1) is 14.8. The predicted molar refractivity (Wildman–Crippen MR) is 92.0 cm³/mol. The van der Waals surface area contributed by atoms with Gasteiger partial charge in [-0.05, 0) is 0 Å². The number of halogens is 5. The van der Waals surface area contributed by atoms with Gasteiger partial charge in [0, 0.05) is 0 Å². The summed E-state index contributed by atoms with van der Waals surface area (Å²) >= 11 is 0. The molecule has 0 fully saturated rings. The maximum Gasteiger partial charge on any atom is 0.313 e. The van der Waals surface area contributed by atoms with Gasteiger partial charge in [-0.2, -0.15) is 8.78 Å². The molecule has 0 heterocycles. The van der Waals surface area contributed by atoms with Gasteiger partial charge in [0.1, 0.15) is 0 Å². The zero-order valence-corrected chi connectivity index (χ0v) is 16.3. The summed E-state index contributed by atoms with van der Waals surface area (Å²) in [7, 11) is 0. The van der Waals surface area contributed by atoms with Crippen LogP contribution in [0.1, 0.15) is 12.8 Å². The minimum Gasteiger partial charge on any atom is -0.481 e. The van der Waals surface area contributed by atoms with Crippen molar-refractivity contribution in [1.82, 2.24) is 0 Å². The summed E-state index contributed by atoms with van der Waals surface area (Å²) in [4.78, 5) is 21.7. The molecule has 1 aromatic rings. The van der Waals surface area contributed by atoms with Gasteiger partial charge in [0.25, 0.3) is 0 Å². The number of ether oxygens (including phenoxy) is 5. The molecule has 0 amide bonds. The molecule has 176 valence electrons. The molecule has 0 aliphatic rings. The van der Waals surface area contributed by atoms with Crippen LogP contribution in [0.3, 0.4) is 0 Å². The summed E-state index contributed by atoms with van der Waals surface area (Å²) < 4.78 is 90.3. The van der Waals surface area contributed by atoms with Gasteiger partial charge in [0.15, 0.2) is 0 Å². The summed E-state index contributed by atoms with van der Waals surface area (Å²) in [6.45, 7) is 1.09. The zero-order valence-electron chi connectivity index (χ0n) is 16.3. The van der Waals surface area contributed by atoms with Gasteiger partial charge in [0.2, 0.25) is 34.8 Å². The molecule has 0 spiro atoms. The van der Waals surface area contributed by atoms with Crippen molar-refractivity contribution < 1.29 is 60.3 Å². The standard InChI is InChI=1S/C18H21F5O8/c19-13-14(20)16(22)18(17(23)15(13)21)31-12(26)2-4-28-6-8-30-10-9-29-7-5-27-3-1-11(24)25/h1-10H2,(H,24,25). The van der Waals surface area contributed by atoms with E-state index < -0.39 is 53.2 Å². The van der Waals surface area contributed by atoms with Crippen molar-refractivity contribution in [3.63, 3.8) is 0 Å². The van der Waals surface area contributed by atoms with Gasteiger partial charge < -0.3 is 28.8 Å². The molecule has 1 aromatic carbocycles. The molecule has 0 bridgehead atoms. The van der Waals surface area contributed by atoms with Crippen molar-refractivity contribution in [2.24, 2.45) is 0 Å². The molecular formula is C18H21F5O8. The van der Waals surface area contributed by atoms with Crippen molar-refractivity contribution in [1.29, 1.82) is 0 Å². The Balaban J connectivity index is 2.07. The number of esters is 1. The largest absolute Gasteiger partial charge is 0.481 e. The Hall–Kier alpha value is -2.35. The van der Waals surface area contributed by atoms with Crippen LogP contribution in [-0.2, 0) is 28.5 Å². The van der Waals surface area contributed by atoms with Gasteiger partial charge in [-0.25, -0.2) is 13.2 Å². The Bertz CT molecular complexity index is 702. The number of hydrogen-bond donors (Lipinski definition) is 1. The number of carbonyl (C=O) groups excluding carboxylic acids is 1. The van der Waals surface area contributed by atoms with Crippen molar-refractivity contribution in [3.8, 4) is 5.75 Å². The number of benzene rings is 1. The van der Waals surface area contributed by atoms with Gasteiger partial charge in [-0.1, -0.05) is 0 Å². The molecule has 1 N–H and O–H groups in total. The van der Waals surface area contributed by atoms with Gasteiger partial charge >= 0.3 is 11.9 Å². The van der Waals surface area contributed by atoms with Crippen LogP contribution in [0, 0.1) is 29.1 Å². The Morgan fingerprint density at radius 1 is 0.581 bits per heavy atom. The average Bonchev–Trinajstić information content (AvgIpc) is 2.74. The molecule has 0 aliphatic carbocycles. The third-order valence-corrected chi connectivity index (χ3v) is 3.41. The van der Waals surface area contributed by atoms with Crippen LogP contribution in [0.4, 0.5) is 22.0 Å². The fourth-order valence-electron chi connectivity index (χ4n) is 1.92. The lowest BCUT2D eigenvalue weighted by Gasteiger charge is -2.09. The summed E-state index contributed by atoms with van der Waals surface area (Å²) in [6.07, 6.45) is -0.581. The molecule has 31 heavy (non-hydrogen) atoms. The maximum atomic E-state index is 13.4. The Labute approximate surface area is 173 Å². The molecule has 8 nitrogen and oxygen atoms in total. The van der Waals surface area contributed by atoms with Gasteiger partial charge in [0.05, 0.1) is 65.7 Å². The van der Waals surface area contributed by atoms with E-state index in [4.69, 9.17) is 24.1 Å². The van der Waals surface area contributed by atoms with E-state index in [1.807, 2.05) is 0 Å². The first-order valence-corrected chi connectivity index (χ1v) is 9.00. The number of carboxylic acids is 1. The summed E-state index contributed by atoms with van der Waals surface area (Å²) in [5.41, 5.74) is 0. The lowest BCUT2D eigenvalue weighted by molar-refractivity contribution is -0.138. The van der Waals surface area contributed by atoms with E-state index in [0.717, 1.165) is 0 Å². The minimum atomic E-state index is -2.35. The first-order valence-electron chi connectivity index (χ1n) is 9.00. The van der Waals surface area contributed by atoms with E-state index in [2.05, 4.69) is 4.74 Å². The fraction of sp³-hybridized carbons (Fsp3) is 0.556. The third kappa shape index (κ3) is 10.0. The first kappa shape index (κ1) is 26.7. The van der Waals surface area contributed by atoms with E-state index in [9.17, 15) is 31.5 Å². The average molecular weight is 460 g/mol. The zero-order chi connectivity index (χ0) is 23.2. The molecule has 0 unspecified atom stereocenters.